The molecule has 0 radical (unpaired) electrons. The summed E-state index contributed by atoms with van der Waals surface area (Å²) in [5.41, 5.74) is 2.67. The highest BCUT2D eigenvalue weighted by Crippen LogP contribution is 2.40. The largest absolute Gasteiger partial charge is 0.339 e. The van der Waals surface area contributed by atoms with E-state index in [1.807, 2.05) is 13.0 Å². The zero-order valence-electron chi connectivity index (χ0n) is 15.7. The number of amides is 2. The molecule has 6 nitrogen and oxygen atoms in total. The molecule has 0 aliphatic carbocycles. The highest BCUT2D eigenvalue weighted by Gasteiger charge is 2.41. The Bertz CT molecular complexity index is 1110. The summed E-state index contributed by atoms with van der Waals surface area (Å²) in [6.45, 7) is 1.85. The van der Waals surface area contributed by atoms with Crippen LogP contribution in [0.2, 0.25) is 0 Å². The van der Waals surface area contributed by atoms with Crippen molar-refractivity contribution in [1.29, 1.82) is 0 Å². The molecule has 1 aliphatic heterocycles. The normalized spacial score (nSPS) is 18.1. The van der Waals surface area contributed by atoms with E-state index >= 15 is 0 Å². The van der Waals surface area contributed by atoms with Gasteiger partial charge in [0.25, 0.3) is 5.91 Å². The second kappa shape index (κ2) is 7.44. The second-order valence-corrected chi connectivity index (χ2v) is 7.78. The third kappa shape index (κ3) is 3.44. The molecule has 2 N–H and O–H groups in total. The van der Waals surface area contributed by atoms with Crippen LogP contribution in [0.15, 0.2) is 53.0 Å². The Morgan fingerprint density at radius 1 is 1.24 bits per heavy atom. The van der Waals surface area contributed by atoms with Gasteiger partial charge >= 0.3 is 0 Å². The Balaban J connectivity index is 1.81. The van der Waals surface area contributed by atoms with Crippen molar-refractivity contribution in [3.8, 4) is 0 Å². The molecule has 0 unspecified atom stereocenters. The quantitative estimate of drug-likeness (QED) is 0.632. The predicted molar refractivity (Wildman–Crippen MR) is 110 cm³/mol. The molecule has 148 valence electrons. The molecular weight excluding hydrogens is 439 g/mol. The van der Waals surface area contributed by atoms with Crippen LogP contribution in [0.4, 0.5) is 10.2 Å². The molecule has 0 saturated carbocycles. The fourth-order valence-corrected chi connectivity index (χ4v) is 4.13. The number of fused-ring (bicyclic) bond motifs is 1. The van der Waals surface area contributed by atoms with E-state index in [2.05, 4.69) is 31.7 Å². The number of nitrogens with zero attached hydrogens (tertiary/aromatic N) is 2. The Labute approximate surface area is 175 Å². The van der Waals surface area contributed by atoms with Gasteiger partial charge in [0.15, 0.2) is 0 Å². The van der Waals surface area contributed by atoms with E-state index in [1.165, 1.54) is 6.07 Å². The van der Waals surface area contributed by atoms with Gasteiger partial charge < -0.3 is 10.6 Å². The van der Waals surface area contributed by atoms with Crippen LogP contribution in [0, 0.1) is 12.7 Å². The minimum absolute atomic E-state index is 0.289. The van der Waals surface area contributed by atoms with Gasteiger partial charge in [0.1, 0.15) is 17.7 Å². The SMILES string of the molecule is Cc1nn(C)c2c1[C@@H](c1ccc(F)c(Br)c1)[C@H](NC(=O)c1ccccc1)C(=O)N2. The maximum atomic E-state index is 13.8. The second-order valence-electron chi connectivity index (χ2n) is 6.93. The average Bonchev–Trinajstić information content (AvgIpc) is 2.98. The molecule has 0 spiro atoms. The summed E-state index contributed by atoms with van der Waals surface area (Å²) in [7, 11) is 1.74. The van der Waals surface area contributed by atoms with Crippen molar-refractivity contribution in [3.63, 3.8) is 0 Å². The topological polar surface area (TPSA) is 76.0 Å². The molecule has 0 fully saturated rings. The van der Waals surface area contributed by atoms with E-state index in [4.69, 9.17) is 0 Å². The van der Waals surface area contributed by atoms with Gasteiger partial charge in [-0.15, -0.1) is 0 Å². The van der Waals surface area contributed by atoms with Gasteiger partial charge in [-0.3, -0.25) is 14.3 Å². The maximum absolute atomic E-state index is 13.8. The number of hydrogen-bond donors (Lipinski definition) is 2. The van der Waals surface area contributed by atoms with Gasteiger partial charge in [-0.05, 0) is 52.7 Å². The number of benzene rings is 2. The third-order valence-electron chi connectivity index (χ3n) is 5.06. The van der Waals surface area contributed by atoms with E-state index in [9.17, 15) is 14.0 Å². The lowest BCUT2D eigenvalue weighted by Gasteiger charge is -2.32. The summed E-state index contributed by atoms with van der Waals surface area (Å²) < 4.78 is 15.7. The molecule has 2 aromatic carbocycles. The van der Waals surface area contributed by atoms with Gasteiger partial charge in [-0.2, -0.15) is 5.10 Å². The monoisotopic (exact) mass is 456 g/mol. The first kappa shape index (κ1) is 19.3. The summed E-state index contributed by atoms with van der Waals surface area (Å²) in [5.74, 6) is -1.06. The molecule has 0 saturated heterocycles. The molecule has 29 heavy (non-hydrogen) atoms. The van der Waals surface area contributed by atoms with Gasteiger partial charge in [-0.1, -0.05) is 24.3 Å². The van der Waals surface area contributed by atoms with Gasteiger partial charge in [-0.25, -0.2) is 4.39 Å². The molecule has 3 aromatic rings. The van der Waals surface area contributed by atoms with Crippen molar-refractivity contribution in [1.82, 2.24) is 15.1 Å². The standard InChI is InChI=1S/C21H18BrFN4O2/c1-11-16-17(13-8-9-15(23)14(22)10-13)18(21(29)25-19(16)27(2)26-11)24-20(28)12-6-4-3-5-7-12/h3-10,17-18H,1-2H3,(H,24,28)(H,25,29)/t17-,18+/m1/s1. The van der Waals surface area contributed by atoms with Crippen LogP contribution in [-0.4, -0.2) is 27.6 Å². The minimum atomic E-state index is -0.879. The van der Waals surface area contributed by atoms with Crippen molar-refractivity contribution in [3.05, 3.63) is 81.2 Å². The third-order valence-corrected chi connectivity index (χ3v) is 5.67. The highest BCUT2D eigenvalue weighted by molar-refractivity contribution is 9.10. The van der Waals surface area contributed by atoms with E-state index in [0.29, 0.717) is 16.9 Å². The molecule has 1 aromatic heterocycles. The Morgan fingerprint density at radius 2 is 1.97 bits per heavy atom. The lowest BCUT2D eigenvalue weighted by atomic mass is 9.82. The Hall–Kier alpha value is -3.00. The van der Waals surface area contributed by atoms with E-state index in [-0.39, 0.29) is 16.3 Å². The number of hydrogen-bond acceptors (Lipinski definition) is 3. The number of nitrogens with one attached hydrogen (secondary N) is 2. The van der Waals surface area contributed by atoms with Gasteiger partial charge in [0.2, 0.25) is 5.91 Å². The summed E-state index contributed by atoms with van der Waals surface area (Å²) >= 11 is 3.22. The smallest absolute Gasteiger partial charge is 0.251 e. The van der Waals surface area contributed by atoms with Crippen molar-refractivity contribution < 1.29 is 14.0 Å². The van der Waals surface area contributed by atoms with Crippen molar-refractivity contribution in [2.24, 2.45) is 7.05 Å². The average molecular weight is 457 g/mol. The highest BCUT2D eigenvalue weighted by atomic mass is 79.9. The van der Waals surface area contributed by atoms with Crippen LogP contribution < -0.4 is 10.6 Å². The number of carbonyl (C=O) groups excluding carboxylic acids is 2. The first-order chi connectivity index (χ1) is 13.9. The number of rotatable bonds is 3. The number of aromatic nitrogens is 2. The summed E-state index contributed by atoms with van der Waals surface area (Å²) in [6, 6.07) is 12.4. The van der Waals surface area contributed by atoms with Crippen LogP contribution in [0.1, 0.15) is 33.1 Å². The Morgan fingerprint density at radius 3 is 2.66 bits per heavy atom. The van der Waals surface area contributed by atoms with Gasteiger partial charge in [0.05, 0.1) is 10.2 Å². The number of carbonyl (C=O) groups is 2. The lowest BCUT2D eigenvalue weighted by Crippen LogP contribution is -2.50. The predicted octanol–water partition coefficient (Wildman–Crippen LogP) is 3.51. The molecule has 0 bridgehead atoms. The zero-order valence-corrected chi connectivity index (χ0v) is 17.3. The summed E-state index contributed by atoms with van der Waals surface area (Å²) in [4.78, 5) is 25.7. The Kier molecular flexibility index (Phi) is 4.96. The lowest BCUT2D eigenvalue weighted by molar-refractivity contribution is -0.118. The first-order valence-electron chi connectivity index (χ1n) is 9.02. The first-order valence-corrected chi connectivity index (χ1v) is 9.81. The van der Waals surface area contributed by atoms with Crippen molar-refractivity contribution >= 4 is 33.6 Å². The molecular formula is C21H18BrFN4O2. The molecule has 2 heterocycles. The number of anilines is 1. The molecule has 1 aliphatic rings. The van der Waals surface area contributed by atoms with Gasteiger partial charge in [0, 0.05) is 24.1 Å². The fourth-order valence-electron chi connectivity index (χ4n) is 3.74. The van der Waals surface area contributed by atoms with Crippen LogP contribution in [0.25, 0.3) is 0 Å². The molecule has 2 amide bonds. The van der Waals surface area contributed by atoms with E-state index in [0.717, 1.165) is 11.3 Å². The van der Waals surface area contributed by atoms with E-state index < -0.39 is 17.8 Å². The fraction of sp³-hybridized carbons (Fsp3) is 0.190. The van der Waals surface area contributed by atoms with E-state index in [1.54, 1.807) is 48.1 Å². The zero-order chi connectivity index (χ0) is 20.7. The van der Waals surface area contributed by atoms with Crippen LogP contribution >= 0.6 is 15.9 Å². The maximum Gasteiger partial charge on any atom is 0.251 e. The summed E-state index contributed by atoms with van der Waals surface area (Å²) in [5, 5.41) is 10.1. The number of aryl methyl sites for hydroxylation is 2. The number of halogens is 2. The summed E-state index contributed by atoms with van der Waals surface area (Å²) in [6.07, 6.45) is 0. The molecule has 8 heteroatoms. The molecule has 4 rings (SSSR count). The molecule has 2 atom stereocenters. The van der Waals surface area contributed by atoms with Crippen LogP contribution in [-0.2, 0) is 11.8 Å². The van der Waals surface area contributed by atoms with Crippen molar-refractivity contribution in [2.75, 3.05) is 5.32 Å². The van der Waals surface area contributed by atoms with Crippen LogP contribution in [0.3, 0.4) is 0 Å². The van der Waals surface area contributed by atoms with Crippen LogP contribution in [0.5, 0.6) is 0 Å². The van der Waals surface area contributed by atoms with Crippen molar-refractivity contribution in [2.45, 2.75) is 18.9 Å². The minimum Gasteiger partial charge on any atom is -0.339 e.